The van der Waals surface area contributed by atoms with E-state index < -0.39 is 7.12 Å². The first-order valence-corrected chi connectivity index (χ1v) is 6.73. The van der Waals surface area contributed by atoms with E-state index in [0.29, 0.717) is 24.4 Å². The molecule has 0 aliphatic heterocycles. The summed E-state index contributed by atoms with van der Waals surface area (Å²) in [6.07, 6.45) is 1.84. The van der Waals surface area contributed by atoms with E-state index in [1.54, 1.807) is 24.3 Å². The summed E-state index contributed by atoms with van der Waals surface area (Å²) in [5.74, 6) is 0.691. The number of ether oxygens (including phenoxy) is 1. The summed E-state index contributed by atoms with van der Waals surface area (Å²) >= 11 is 0. The van der Waals surface area contributed by atoms with Crippen molar-refractivity contribution in [3.8, 4) is 5.75 Å². The summed E-state index contributed by atoms with van der Waals surface area (Å²) in [4.78, 5) is 0. The number of hydrogen-bond donors (Lipinski definition) is 2. The van der Waals surface area contributed by atoms with Crippen LogP contribution < -0.4 is 10.2 Å². The summed E-state index contributed by atoms with van der Waals surface area (Å²) in [7, 11) is -1.45. The van der Waals surface area contributed by atoms with E-state index in [-0.39, 0.29) is 0 Å². The van der Waals surface area contributed by atoms with Gasteiger partial charge in [-0.05, 0) is 23.7 Å². The van der Waals surface area contributed by atoms with E-state index >= 15 is 0 Å². The number of hydrogen-bond acceptors (Lipinski definition) is 4. The van der Waals surface area contributed by atoms with Crippen molar-refractivity contribution in [3.05, 3.63) is 54.7 Å². The van der Waals surface area contributed by atoms with Gasteiger partial charge in [0.2, 0.25) is 0 Å². The Bertz CT molecular complexity index is 725. The second-order valence-electron chi connectivity index (χ2n) is 4.72. The Morgan fingerprint density at radius 2 is 1.81 bits per heavy atom. The van der Waals surface area contributed by atoms with Gasteiger partial charge in [0, 0.05) is 5.39 Å². The van der Waals surface area contributed by atoms with Crippen molar-refractivity contribution in [2.45, 2.75) is 6.54 Å². The maximum Gasteiger partial charge on any atom is 0.488 e. The zero-order valence-electron chi connectivity index (χ0n) is 11.4. The predicted molar refractivity (Wildman–Crippen MR) is 81.5 cm³/mol. The number of fused-ring (bicyclic) bond motifs is 1. The summed E-state index contributed by atoms with van der Waals surface area (Å²) in [5, 5.41) is 23.5. The van der Waals surface area contributed by atoms with Crippen LogP contribution in [0.25, 0.3) is 10.9 Å². The molecule has 0 atom stereocenters. The van der Waals surface area contributed by atoms with Crippen LogP contribution in [0.5, 0.6) is 5.75 Å². The van der Waals surface area contributed by atoms with Crippen molar-refractivity contribution in [3.63, 3.8) is 0 Å². The van der Waals surface area contributed by atoms with Crippen molar-refractivity contribution in [1.29, 1.82) is 0 Å². The Morgan fingerprint density at radius 1 is 1.05 bits per heavy atom. The molecule has 0 aliphatic rings. The van der Waals surface area contributed by atoms with Crippen molar-refractivity contribution >= 4 is 23.5 Å². The van der Waals surface area contributed by atoms with Crippen LogP contribution in [0.3, 0.4) is 0 Å². The lowest BCUT2D eigenvalue weighted by atomic mass is 9.80. The molecule has 0 spiro atoms. The Kier molecular flexibility index (Phi) is 3.90. The SMILES string of the molecule is OB(O)c1ccc(OCCn2ncc3ccccc32)cc1. The van der Waals surface area contributed by atoms with Crippen LogP contribution in [0.15, 0.2) is 54.7 Å². The molecule has 1 aromatic heterocycles. The summed E-state index contributed by atoms with van der Waals surface area (Å²) in [6.45, 7) is 1.14. The largest absolute Gasteiger partial charge is 0.492 e. The van der Waals surface area contributed by atoms with Crippen LogP contribution >= 0.6 is 0 Å². The van der Waals surface area contributed by atoms with E-state index in [9.17, 15) is 0 Å². The van der Waals surface area contributed by atoms with Gasteiger partial charge in [-0.25, -0.2) is 0 Å². The quantitative estimate of drug-likeness (QED) is 0.679. The fraction of sp³-hybridized carbons (Fsp3) is 0.133. The molecule has 6 heteroatoms. The lowest BCUT2D eigenvalue weighted by Gasteiger charge is -2.08. The fourth-order valence-corrected chi connectivity index (χ4v) is 2.19. The molecule has 0 saturated heterocycles. The molecule has 3 aromatic rings. The zero-order chi connectivity index (χ0) is 14.7. The van der Waals surface area contributed by atoms with Gasteiger partial charge in [0.15, 0.2) is 0 Å². The van der Waals surface area contributed by atoms with Crippen molar-refractivity contribution < 1.29 is 14.8 Å². The topological polar surface area (TPSA) is 67.5 Å². The van der Waals surface area contributed by atoms with Gasteiger partial charge in [0.05, 0.1) is 18.3 Å². The zero-order valence-corrected chi connectivity index (χ0v) is 11.4. The van der Waals surface area contributed by atoms with Gasteiger partial charge in [-0.15, -0.1) is 0 Å². The first-order chi connectivity index (χ1) is 10.2. The average Bonchev–Trinajstić information content (AvgIpc) is 2.91. The molecule has 21 heavy (non-hydrogen) atoms. The number of benzene rings is 2. The normalized spacial score (nSPS) is 10.8. The number of para-hydroxylation sites is 1. The van der Waals surface area contributed by atoms with Gasteiger partial charge < -0.3 is 14.8 Å². The van der Waals surface area contributed by atoms with E-state index in [1.165, 1.54) is 0 Å². The van der Waals surface area contributed by atoms with Gasteiger partial charge in [-0.1, -0.05) is 30.3 Å². The highest BCUT2D eigenvalue weighted by Gasteiger charge is 2.09. The molecule has 3 rings (SSSR count). The second-order valence-corrected chi connectivity index (χ2v) is 4.72. The Hall–Kier alpha value is -2.31. The van der Waals surface area contributed by atoms with Gasteiger partial charge >= 0.3 is 7.12 Å². The monoisotopic (exact) mass is 282 g/mol. The van der Waals surface area contributed by atoms with Crippen LogP contribution in [0.1, 0.15) is 0 Å². The third kappa shape index (κ3) is 3.07. The van der Waals surface area contributed by atoms with Crippen molar-refractivity contribution in [2.24, 2.45) is 0 Å². The molecule has 2 N–H and O–H groups in total. The molecule has 0 aliphatic carbocycles. The standard InChI is InChI=1S/C15H15BN2O3/c19-16(20)13-5-7-14(8-6-13)21-10-9-18-15-4-2-1-3-12(15)11-17-18/h1-8,11,19-20H,9-10H2. The van der Waals surface area contributed by atoms with E-state index in [4.69, 9.17) is 14.8 Å². The Balaban J connectivity index is 1.61. The molecule has 1 heterocycles. The van der Waals surface area contributed by atoms with Gasteiger partial charge in [-0.3, -0.25) is 4.68 Å². The van der Waals surface area contributed by atoms with Gasteiger partial charge in [0.1, 0.15) is 12.4 Å². The maximum atomic E-state index is 9.02. The molecule has 0 amide bonds. The van der Waals surface area contributed by atoms with E-state index in [0.717, 1.165) is 10.9 Å². The van der Waals surface area contributed by atoms with Crippen molar-refractivity contribution in [2.75, 3.05) is 6.61 Å². The predicted octanol–water partition coefficient (Wildman–Crippen LogP) is 0.795. The summed E-state index contributed by atoms with van der Waals surface area (Å²) < 4.78 is 7.54. The molecule has 2 aromatic carbocycles. The minimum absolute atomic E-state index is 0.445. The number of aromatic nitrogens is 2. The van der Waals surface area contributed by atoms with Gasteiger partial charge in [-0.2, -0.15) is 5.10 Å². The second kappa shape index (κ2) is 5.99. The first kappa shape index (κ1) is 13.7. The molecule has 0 fully saturated rings. The first-order valence-electron chi connectivity index (χ1n) is 6.73. The van der Waals surface area contributed by atoms with Crippen LogP contribution in [0.4, 0.5) is 0 Å². The Morgan fingerprint density at radius 3 is 2.57 bits per heavy atom. The molecule has 0 unspecified atom stereocenters. The van der Waals surface area contributed by atoms with Crippen molar-refractivity contribution in [1.82, 2.24) is 9.78 Å². The van der Waals surface area contributed by atoms with E-state index in [2.05, 4.69) is 5.10 Å². The smallest absolute Gasteiger partial charge is 0.488 e. The average molecular weight is 282 g/mol. The van der Waals surface area contributed by atoms with Crippen LogP contribution in [0, 0.1) is 0 Å². The van der Waals surface area contributed by atoms with Gasteiger partial charge in [0.25, 0.3) is 0 Å². The lowest BCUT2D eigenvalue weighted by molar-refractivity contribution is 0.294. The highest BCUT2D eigenvalue weighted by atomic mass is 16.5. The van der Waals surface area contributed by atoms with Crippen LogP contribution in [-0.2, 0) is 6.54 Å². The van der Waals surface area contributed by atoms with Crippen LogP contribution in [-0.4, -0.2) is 33.6 Å². The number of rotatable bonds is 5. The molecule has 0 radical (unpaired) electrons. The lowest BCUT2D eigenvalue weighted by Crippen LogP contribution is -2.29. The maximum absolute atomic E-state index is 9.02. The number of nitrogens with zero attached hydrogens (tertiary/aromatic N) is 2. The molecule has 106 valence electrons. The molecular weight excluding hydrogens is 267 g/mol. The van der Waals surface area contributed by atoms with Crippen LogP contribution in [0.2, 0.25) is 0 Å². The summed E-state index contributed by atoms with van der Waals surface area (Å²) in [6, 6.07) is 14.7. The minimum Gasteiger partial charge on any atom is -0.492 e. The fourth-order valence-electron chi connectivity index (χ4n) is 2.19. The summed E-state index contributed by atoms with van der Waals surface area (Å²) in [5.41, 5.74) is 1.53. The highest BCUT2D eigenvalue weighted by molar-refractivity contribution is 6.58. The third-order valence-electron chi connectivity index (χ3n) is 3.30. The highest BCUT2D eigenvalue weighted by Crippen LogP contribution is 2.13. The molecule has 0 saturated carbocycles. The minimum atomic E-state index is -1.45. The third-order valence-corrected chi connectivity index (χ3v) is 3.30. The molecular formula is C15H15BN2O3. The Labute approximate surface area is 122 Å². The molecule has 0 bridgehead atoms. The molecule has 5 nitrogen and oxygen atoms in total. The van der Waals surface area contributed by atoms with E-state index in [1.807, 2.05) is 35.1 Å².